The Labute approximate surface area is 55.8 Å². The van der Waals surface area contributed by atoms with E-state index in [0.29, 0.717) is 0 Å². The minimum absolute atomic E-state index is 0.999. The smallest absolute Gasteiger partial charge is 0.269 e. The predicted octanol–water partition coefficient (Wildman–Crippen LogP) is -2.66. The number of hydrogen-bond acceptors (Lipinski definition) is 6. The predicted molar refractivity (Wildman–Crippen MR) is 23.5 cm³/mol. The molecule has 10 heavy (non-hydrogen) atoms. The van der Waals surface area contributed by atoms with Crippen molar-refractivity contribution in [2.24, 2.45) is 0 Å². The molecule has 0 radical (unpaired) electrons. The maximum absolute atomic E-state index is 9.97. The molecule has 0 aliphatic heterocycles. The number of amides is 1. The molecule has 0 spiro atoms. The van der Waals surface area contributed by atoms with E-state index in [1.165, 1.54) is 0 Å². The van der Waals surface area contributed by atoms with Crippen molar-refractivity contribution >= 4 is 13.7 Å². The Balaban J connectivity index is 3.56. The highest BCUT2D eigenvalue weighted by molar-refractivity contribution is 7.43. The first kappa shape index (κ1) is 9.54. The lowest BCUT2D eigenvalue weighted by molar-refractivity contribution is -0.341. The van der Waals surface area contributed by atoms with Crippen molar-refractivity contribution in [3.8, 4) is 0 Å². The Morgan fingerprint density at radius 3 is 2.50 bits per heavy atom. The summed E-state index contributed by atoms with van der Waals surface area (Å²) < 4.78 is 13.1. The van der Waals surface area contributed by atoms with Crippen LogP contribution < -0.4 is 15.3 Å². The van der Waals surface area contributed by atoms with E-state index in [1.807, 2.05) is 0 Å². The first-order valence-electron chi connectivity index (χ1n) is 2.05. The summed E-state index contributed by atoms with van der Waals surface area (Å²) in [5, 5.41) is 7.76. The van der Waals surface area contributed by atoms with Gasteiger partial charge in [-0.1, -0.05) is 0 Å². The zero-order valence-corrected chi connectivity index (χ0v) is 5.54. The molecular weight excluding hydrogens is 165 g/mol. The Hall–Kier alpha value is -0.460. The summed E-state index contributed by atoms with van der Waals surface area (Å²) in [7, 11) is -5.10. The Kier molecular flexibility index (Phi) is 3.48. The Morgan fingerprint density at radius 2 is 2.20 bits per heavy atom. The number of carbonyl (C=O) groups is 1. The highest BCUT2D eigenvalue weighted by Gasteiger charge is 1.99. The zero-order chi connectivity index (χ0) is 8.20. The first-order chi connectivity index (χ1) is 4.45. The fourth-order valence-corrected chi connectivity index (χ4v) is 0.445. The van der Waals surface area contributed by atoms with Crippen molar-refractivity contribution < 1.29 is 28.9 Å². The van der Waals surface area contributed by atoms with Crippen LogP contribution in [0.1, 0.15) is 0 Å². The van der Waals surface area contributed by atoms with Gasteiger partial charge in [0.2, 0.25) is 0 Å². The quantitative estimate of drug-likeness (QED) is 0.270. The van der Waals surface area contributed by atoms with Crippen LogP contribution in [-0.2, 0) is 13.9 Å². The summed E-state index contributed by atoms with van der Waals surface area (Å²) in [6.07, 6.45) is 0. The number of carbonyl (C=O) groups excluding carboxylic acids is 1. The molecule has 0 saturated carbocycles. The van der Waals surface area contributed by atoms with Crippen LogP contribution in [0.15, 0.2) is 0 Å². The minimum atomic E-state index is -5.10. The van der Waals surface area contributed by atoms with Crippen molar-refractivity contribution in [1.82, 2.24) is 5.48 Å². The molecule has 0 atom stereocenters. The lowest BCUT2D eigenvalue weighted by Crippen LogP contribution is -2.26. The molecule has 0 fully saturated rings. The third-order valence-corrected chi connectivity index (χ3v) is 0.924. The van der Waals surface area contributed by atoms with Crippen LogP contribution in [0.5, 0.6) is 0 Å². The monoisotopic (exact) mass is 169 g/mol. The molecule has 0 aliphatic rings. The van der Waals surface area contributed by atoms with E-state index in [1.54, 1.807) is 0 Å². The molecule has 0 unspecified atom stereocenters. The Morgan fingerprint density at radius 1 is 1.70 bits per heavy atom. The van der Waals surface area contributed by atoms with Gasteiger partial charge in [0, 0.05) is 0 Å². The number of phosphoric ester groups is 1. The second-order valence-corrected chi connectivity index (χ2v) is 2.41. The third-order valence-electron chi connectivity index (χ3n) is 0.478. The molecule has 0 aromatic heterocycles. The van der Waals surface area contributed by atoms with Gasteiger partial charge >= 0.3 is 0 Å². The van der Waals surface area contributed by atoms with E-state index >= 15 is 0 Å². The van der Waals surface area contributed by atoms with Crippen LogP contribution in [0.25, 0.3) is 0 Å². The molecule has 2 N–H and O–H groups in total. The zero-order valence-electron chi connectivity index (χ0n) is 4.64. The molecule has 8 heteroatoms. The first-order valence-corrected chi connectivity index (χ1v) is 3.51. The van der Waals surface area contributed by atoms with Crippen molar-refractivity contribution in [3.63, 3.8) is 0 Å². The van der Waals surface area contributed by atoms with Crippen LogP contribution >= 0.6 is 7.82 Å². The van der Waals surface area contributed by atoms with E-state index in [9.17, 15) is 19.1 Å². The number of hydroxylamine groups is 1. The summed E-state index contributed by atoms with van der Waals surface area (Å²) in [5.41, 5.74) is 1.07. The molecule has 0 aliphatic carbocycles. The maximum Gasteiger partial charge on any atom is 0.269 e. The average Bonchev–Trinajstić information content (AvgIpc) is 1.81. The summed E-state index contributed by atoms with van der Waals surface area (Å²) in [5.74, 6) is -1.10. The van der Waals surface area contributed by atoms with Crippen molar-refractivity contribution in [2.45, 2.75) is 0 Å². The van der Waals surface area contributed by atoms with Gasteiger partial charge in [-0.3, -0.25) is 10.0 Å². The SMILES string of the molecule is O=C(COP(=O)([O-])[O-])NO. The van der Waals surface area contributed by atoms with Gasteiger partial charge in [-0.2, -0.15) is 0 Å². The molecule has 0 aromatic rings. The van der Waals surface area contributed by atoms with Gasteiger partial charge in [-0.05, 0) is 0 Å². The molecular formula is C2H4NO6P-2. The number of hydrogen-bond donors (Lipinski definition) is 2. The van der Waals surface area contributed by atoms with Gasteiger partial charge in [0.15, 0.2) is 0 Å². The fraction of sp³-hybridized carbons (Fsp3) is 0.500. The van der Waals surface area contributed by atoms with E-state index in [2.05, 4.69) is 4.52 Å². The van der Waals surface area contributed by atoms with Gasteiger partial charge < -0.3 is 18.9 Å². The second-order valence-electron chi connectivity index (χ2n) is 1.26. The third kappa shape index (κ3) is 5.67. The number of rotatable bonds is 3. The minimum Gasteiger partial charge on any atom is -0.790 e. The van der Waals surface area contributed by atoms with Gasteiger partial charge in [-0.15, -0.1) is 0 Å². The van der Waals surface area contributed by atoms with Crippen molar-refractivity contribution in [3.05, 3.63) is 0 Å². The van der Waals surface area contributed by atoms with Crippen molar-refractivity contribution in [2.75, 3.05) is 6.61 Å². The van der Waals surface area contributed by atoms with Crippen LogP contribution in [0.3, 0.4) is 0 Å². The molecule has 7 nitrogen and oxygen atoms in total. The lowest BCUT2D eigenvalue weighted by Gasteiger charge is -2.27. The van der Waals surface area contributed by atoms with Gasteiger partial charge in [0.1, 0.15) is 6.61 Å². The topological polar surface area (TPSA) is 122 Å². The molecule has 1 amide bonds. The highest BCUT2D eigenvalue weighted by Crippen LogP contribution is 2.23. The molecule has 60 valence electrons. The number of phosphoric acid groups is 1. The second kappa shape index (κ2) is 3.65. The summed E-state index contributed by atoms with van der Waals surface area (Å²) >= 11 is 0. The highest BCUT2D eigenvalue weighted by atomic mass is 31.2. The summed E-state index contributed by atoms with van der Waals surface area (Å²) in [6.45, 7) is -0.999. The van der Waals surface area contributed by atoms with E-state index in [-0.39, 0.29) is 0 Å². The molecule has 0 bridgehead atoms. The van der Waals surface area contributed by atoms with E-state index < -0.39 is 20.3 Å². The molecule has 0 saturated heterocycles. The average molecular weight is 169 g/mol. The lowest BCUT2D eigenvalue weighted by atomic mass is 10.7. The number of nitrogens with one attached hydrogen (secondary N) is 1. The summed E-state index contributed by atoms with van der Waals surface area (Å²) in [6, 6.07) is 0. The fourth-order valence-electron chi connectivity index (χ4n) is 0.170. The van der Waals surface area contributed by atoms with E-state index in [0.717, 1.165) is 5.48 Å². The van der Waals surface area contributed by atoms with Crippen LogP contribution in [0, 0.1) is 0 Å². The standard InChI is InChI=1S/C2H6NO6P/c4-2(3-5)1-9-10(6,7)8/h5H,1H2,(H,3,4)(H2,6,7,8)/p-2. The van der Waals surface area contributed by atoms with E-state index in [4.69, 9.17) is 5.21 Å². The normalized spacial score (nSPS) is 11.1. The van der Waals surface area contributed by atoms with Gasteiger partial charge in [0.05, 0.1) is 7.82 Å². The Bertz CT molecular complexity index is 161. The van der Waals surface area contributed by atoms with Crippen LogP contribution in [0.2, 0.25) is 0 Å². The molecule has 0 heterocycles. The summed E-state index contributed by atoms with van der Waals surface area (Å²) in [4.78, 5) is 29.3. The van der Waals surface area contributed by atoms with Crippen LogP contribution in [-0.4, -0.2) is 17.7 Å². The molecule has 0 aromatic carbocycles. The van der Waals surface area contributed by atoms with Gasteiger partial charge in [-0.25, -0.2) is 5.48 Å². The van der Waals surface area contributed by atoms with Crippen molar-refractivity contribution in [1.29, 1.82) is 0 Å². The largest absolute Gasteiger partial charge is 0.790 e. The van der Waals surface area contributed by atoms with Crippen LogP contribution in [0.4, 0.5) is 0 Å². The van der Waals surface area contributed by atoms with Gasteiger partial charge in [0.25, 0.3) is 5.91 Å². The maximum atomic E-state index is 9.97. The molecule has 0 rings (SSSR count).